The highest BCUT2D eigenvalue weighted by Crippen LogP contribution is 2.35. The fourth-order valence-corrected chi connectivity index (χ4v) is 4.57. The summed E-state index contributed by atoms with van der Waals surface area (Å²) in [5, 5.41) is 2.91. The normalized spacial score (nSPS) is 22.5. The molecule has 1 saturated heterocycles. The summed E-state index contributed by atoms with van der Waals surface area (Å²) in [5.74, 6) is -1.18. The number of nitrogens with one attached hydrogen (secondary N) is 1. The molecular weight excluding hydrogens is 392 g/mol. The molecule has 1 aliphatic carbocycles. The Morgan fingerprint density at radius 3 is 2.14 bits per heavy atom. The van der Waals surface area contributed by atoms with Gasteiger partial charge in [-0.15, -0.1) is 0 Å². The number of carbonyl (C=O) groups excluding carboxylic acids is 3. The van der Waals surface area contributed by atoms with Gasteiger partial charge >= 0.3 is 0 Å². The van der Waals surface area contributed by atoms with E-state index in [0.717, 1.165) is 11.8 Å². The highest BCUT2D eigenvalue weighted by molar-refractivity contribution is 7.90. The van der Waals surface area contributed by atoms with Gasteiger partial charge in [0.25, 0.3) is 0 Å². The Kier molecular flexibility index (Phi) is 6.21. The molecule has 3 amide bonds. The lowest BCUT2D eigenvalue weighted by molar-refractivity contribution is -0.140. The maximum atomic E-state index is 12.5. The molecule has 0 aromatic heterocycles. The molecule has 0 radical (unpaired) electrons. The zero-order valence-corrected chi connectivity index (χ0v) is 17.4. The number of sulfone groups is 1. The minimum atomic E-state index is -3.27. The number of hydrogen-bond acceptors (Lipinski definition) is 5. The Balaban J connectivity index is 1.58. The summed E-state index contributed by atoms with van der Waals surface area (Å²) in [5.41, 5.74) is 0.804. The van der Waals surface area contributed by atoms with Crippen molar-refractivity contribution < 1.29 is 22.8 Å². The highest BCUT2D eigenvalue weighted by Gasteiger charge is 2.46. The number of rotatable bonds is 7. The molecule has 1 unspecified atom stereocenters. The topological polar surface area (TPSA) is 101 Å². The van der Waals surface area contributed by atoms with E-state index in [1.165, 1.54) is 17.0 Å². The molecule has 1 heterocycles. The second kappa shape index (κ2) is 8.49. The van der Waals surface area contributed by atoms with Crippen molar-refractivity contribution in [3.05, 3.63) is 42.0 Å². The van der Waals surface area contributed by atoms with E-state index in [2.05, 4.69) is 5.32 Å². The third-order valence-corrected chi connectivity index (χ3v) is 6.74. The fraction of sp³-hybridized carbons (Fsp3) is 0.476. The second-order valence-corrected chi connectivity index (χ2v) is 9.62. The van der Waals surface area contributed by atoms with Crippen LogP contribution < -0.4 is 5.32 Å². The van der Waals surface area contributed by atoms with E-state index >= 15 is 0 Å². The van der Waals surface area contributed by atoms with Crippen LogP contribution >= 0.6 is 0 Å². The molecule has 2 aliphatic rings. The van der Waals surface area contributed by atoms with Crippen molar-refractivity contribution >= 4 is 27.6 Å². The molecule has 3 rings (SSSR count). The van der Waals surface area contributed by atoms with Gasteiger partial charge in [0, 0.05) is 19.2 Å². The zero-order chi connectivity index (χ0) is 21.2. The zero-order valence-electron chi connectivity index (χ0n) is 16.6. The average molecular weight is 419 g/mol. The average Bonchev–Trinajstić information content (AvgIpc) is 2.94. The van der Waals surface area contributed by atoms with Crippen molar-refractivity contribution in [3.63, 3.8) is 0 Å². The van der Waals surface area contributed by atoms with E-state index in [-0.39, 0.29) is 53.5 Å². The SMILES string of the molecule is CCC(NC(=O)CCN1C(=O)[C@H]2CC=CC[C@H]2C1=O)c1ccc(S(C)(=O)=O)cc1. The largest absolute Gasteiger partial charge is 0.349 e. The fourth-order valence-electron chi connectivity index (χ4n) is 3.94. The number of hydrogen-bond donors (Lipinski definition) is 1. The monoisotopic (exact) mass is 418 g/mol. The van der Waals surface area contributed by atoms with Crippen LogP contribution in [-0.2, 0) is 24.2 Å². The van der Waals surface area contributed by atoms with Crippen LogP contribution in [0.3, 0.4) is 0 Å². The van der Waals surface area contributed by atoms with Gasteiger partial charge in [-0.3, -0.25) is 19.3 Å². The quantitative estimate of drug-likeness (QED) is 0.539. The molecule has 1 aromatic carbocycles. The Labute approximate surface area is 171 Å². The molecule has 3 atom stereocenters. The number of fused-ring (bicyclic) bond motifs is 1. The van der Waals surface area contributed by atoms with Crippen LogP contribution in [0.5, 0.6) is 0 Å². The summed E-state index contributed by atoms with van der Waals surface area (Å²) in [7, 11) is -3.27. The van der Waals surface area contributed by atoms with Crippen molar-refractivity contribution in [2.24, 2.45) is 11.8 Å². The molecule has 1 aromatic rings. The molecule has 1 N–H and O–H groups in total. The molecular formula is C21H26N2O5S. The van der Waals surface area contributed by atoms with Crippen molar-refractivity contribution in [1.82, 2.24) is 10.2 Å². The Bertz CT molecular complexity index is 910. The number of benzene rings is 1. The van der Waals surface area contributed by atoms with Gasteiger partial charge in [-0.1, -0.05) is 31.2 Å². The van der Waals surface area contributed by atoms with Crippen LogP contribution in [0, 0.1) is 11.8 Å². The lowest BCUT2D eigenvalue weighted by Gasteiger charge is -2.19. The summed E-state index contributed by atoms with van der Waals surface area (Å²) in [6.07, 6.45) is 6.85. The number of likely N-dealkylation sites (tertiary alicyclic amines) is 1. The van der Waals surface area contributed by atoms with Gasteiger partial charge in [-0.2, -0.15) is 0 Å². The van der Waals surface area contributed by atoms with E-state index in [4.69, 9.17) is 0 Å². The van der Waals surface area contributed by atoms with Gasteiger partial charge in [0.05, 0.1) is 22.8 Å². The Morgan fingerprint density at radius 2 is 1.66 bits per heavy atom. The van der Waals surface area contributed by atoms with Crippen LogP contribution in [0.4, 0.5) is 0 Å². The lowest BCUT2D eigenvalue weighted by Crippen LogP contribution is -2.36. The van der Waals surface area contributed by atoms with Gasteiger partial charge < -0.3 is 5.32 Å². The van der Waals surface area contributed by atoms with Crippen molar-refractivity contribution in [3.8, 4) is 0 Å². The molecule has 7 nitrogen and oxygen atoms in total. The molecule has 156 valence electrons. The first kappa shape index (κ1) is 21.2. The van der Waals surface area contributed by atoms with Crippen LogP contribution in [0.2, 0.25) is 0 Å². The summed E-state index contributed by atoms with van der Waals surface area (Å²) in [6, 6.07) is 6.16. The summed E-state index contributed by atoms with van der Waals surface area (Å²) in [6.45, 7) is 2.00. The number of carbonyl (C=O) groups is 3. The molecule has 0 saturated carbocycles. The summed E-state index contributed by atoms with van der Waals surface area (Å²) >= 11 is 0. The predicted molar refractivity (Wildman–Crippen MR) is 107 cm³/mol. The maximum absolute atomic E-state index is 12.5. The van der Waals surface area contributed by atoms with Gasteiger partial charge in [0.2, 0.25) is 17.7 Å². The first-order chi connectivity index (χ1) is 13.7. The van der Waals surface area contributed by atoms with Crippen LogP contribution in [0.15, 0.2) is 41.3 Å². The van der Waals surface area contributed by atoms with E-state index in [1.54, 1.807) is 12.1 Å². The number of allylic oxidation sites excluding steroid dienone is 2. The Hall–Kier alpha value is -2.48. The van der Waals surface area contributed by atoms with E-state index < -0.39 is 9.84 Å². The number of amides is 3. The van der Waals surface area contributed by atoms with E-state index in [9.17, 15) is 22.8 Å². The number of nitrogens with zero attached hydrogens (tertiary/aromatic N) is 1. The summed E-state index contributed by atoms with van der Waals surface area (Å²) < 4.78 is 23.2. The van der Waals surface area contributed by atoms with Gasteiger partial charge in [0.15, 0.2) is 9.84 Å². The molecule has 1 aliphatic heterocycles. The van der Waals surface area contributed by atoms with Crippen molar-refractivity contribution in [1.29, 1.82) is 0 Å². The highest BCUT2D eigenvalue weighted by atomic mass is 32.2. The van der Waals surface area contributed by atoms with Crippen LogP contribution in [0.1, 0.15) is 44.2 Å². The predicted octanol–water partition coefficient (Wildman–Crippen LogP) is 2.00. The third kappa shape index (κ3) is 4.58. The first-order valence-electron chi connectivity index (χ1n) is 9.82. The molecule has 8 heteroatoms. The van der Waals surface area contributed by atoms with Crippen LogP contribution in [0.25, 0.3) is 0 Å². The van der Waals surface area contributed by atoms with E-state index in [1.807, 2.05) is 19.1 Å². The molecule has 29 heavy (non-hydrogen) atoms. The second-order valence-electron chi connectivity index (χ2n) is 7.60. The molecule has 0 bridgehead atoms. The lowest BCUT2D eigenvalue weighted by atomic mass is 9.85. The van der Waals surface area contributed by atoms with Crippen molar-refractivity contribution in [2.45, 2.75) is 43.5 Å². The minimum absolute atomic E-state index is 0.0439. The Morgan fingerprint density at radius 1 is 1.10 bits per heavy atom. The van der Waals surface area contributed by atoms with E-state index in [0.29, 0.717) is 19.3 Å². The molecule has 1 fully saturated rings. The first-order valence-corrected chi connectivity index (χ1v) is 11.7. The summed E-state index contributed by atoms with van der Waals surface area (Å²) in [4.78, 5) is 38.8. The van der Waals surface area contributed by atoms with Gasteiger partial charge in [-0.25, -0.2) is 8.42 Å². The minimum Gasteiger partial charge on any atom is -0.349 e. The van der Waals surface area contributed by atoms with Crippen molar-refractivity contribution in [2.75, 3.05) is 12.8 Å². The van der Waals surface area contributed by atoms with Gasteiger partial charge in [-0.05, 0) is 37.0 Å². The maximum Gasteiger partial charge on any atom is 0.233 e. The van der Waals surface area contributed by atoms with Gasteiger partial charge in [0.1, 0.15) is 0 Å². The molecule has 0 spiro atoms. The number of imide groups is 1. The smallest absolute Gasteiger partial charge is 0.233 e. The standard InChI is InChI=1S/C21H26N2O5S/c1-3-18(14-8-10-15(11-9-14)29(2,27)28)22-19(24)12-13-23-20(25)16-6-4-5-7-17(16)21(23)26/h4-5,8-11,16-18H,3,6-7,12-13H2,1-2H3,(H,22,24)/t16-,17+,18?. The third-order valence-electron chi connectivity index (χ3n) is 5.62. The van der Waals surface area contributed by atoms with Crippen LogP contribution in [-0.4, -0.2) is 43.8 Å².